The lowest BCUT2D eigenvalue weighted by atomic mass is 9.70. The number of carbonyl (C=O) groups excluding carboxylic acids is 1. The lowest BCUT2D eigenvalue weighted by Crippen LogP contribution is -2.34. The summed E-state index contributed by atoms with van der Waals surface area (Å²) in [5.74, 6) is 2.12. The van der Waals surface area contributed by atoms with Gasteiger partial charge in [-0.3, -0.25) is 0 Å². The Morgan fingerprint density at radius 2 is 2.00 bits per heavy atom. The molecule has 0 aromatic rings. The second-order valence-electron chi connectivity index (χ2n) is 5.72. The Morgan fingerprint density at radius 3 is 2.53 bits per heavy atom. The monoisotopic (exact) mass is 209 g/mol. The molecule has 0 bridgehead atoms. The van der Waals surface area contributed by atoms with E-state index in [1.807, 2.05) is 0 Å². The van der Waals surface area contributed by atoms with Gasteiger partial charge in [0.1, 0.15) is 0 Å². The highest BCUT2D eigenvalue weighted by Crippen LogP contribution is 2.40. The predicted octanol–water partition coefficient (Wildman–Crippen LogP) is 3.56. The zero-order chi connectivity index (χ0) is 11.5. The summed E-state index contributed by atoms with van der Waals surface area (Å²) in [6.07, 6.45) is 6.78. The summed E-state index contributed by atoms with van der Waals surface area (Å²) in [6.45, 7) is 8.71. The van der Waals surface area contributed by atoms with Crippen molar-refractivity contribution in [3.63, 3.8) is 0 Å². The maximum absolute atomic E-state index is 10.4. The second kappa shape index (κ2) is 4.94. The Labute approximate surface area is 93.2 Å². The van der Waals surface area contributed by atoms with Gasteiger partial charge >= 0.3 is 0 Å². The molecule has 1 aliphatic carbocycles. The van der Waals surface area contributed by atoms with Crippen molar-refractivity contribution in [2.75, 3.05) is 0 Å². The molecule has 0 aliphatic heterocycles. The van der Waals surface area contributed by atoms with Crippen LogP contribution in [0.15, 0.2) is 4.99 Å². The van der Waals surface area contributed by atoms with Crippen molar-refractivity contribution < 1.29 is 4.79 Å². The van der Waals surface area contributed by atoms with Crippen molar-refractivity contribution in [2.45, 2.75) is 58.9 Å². The summed E-state index contributed by atoms with van der Waals surface area (Å²) < 4.78 is 0. The first kappa shape index (κ1) is 12.4. The molecule has 86 valence electrons. The van der Waals surface area contributed by atoms with Gasteiger partial charge in [0, 0.05) is 0 Å². The zero-order valence-corrected chi connectivity index (χ0v) is 10.4. The maximum atomic E-state index is 10.4. The first-order valence-electron chi connectivity index (χ1n) is 6.06. The Bertz CT molecular complexity index is 251. The summed E-state index contributed by atoms with van der Waals surface area (Å²) >= 11 is 0. The normalized spacial score (nSPS) is 27.5. The highest BCUT2D eigenvalue weighted by Gasteiger charge is 2.34. The van der Waals surface area contributed by atoms with Crippen LogP contribution in [0.5, 0.6) is 0 Å². The van der Waals surface area contributed by atoms with E-state index >= 15 is 0 Å². The minimum atomic E-state index is -0.213. The summed E-state index contributed by atoms with van der Waals surface area (Å²) in [5, 5.41) is 0. The molecular weight excluding hydrogens is 186 g/mol. The van der Waals surface area contributed by atoms with Crippen molar-refractivity contribution >= 4 is 6.08 Å². The van der Waals surface area contributed by atoms with Gasteiger partial charge in [0.25, 0.3) is 0 Å². The van der Waals surface area contributed by atoms with Crippen LogP contribution in [-0.4, -0.2) is 11.6 Å². The van der Waals surface area contributed by atoms with Gasteiger partial charge < -0.3 is 0 Å². The van der Waals surface area contributed by atoms with Crippen LogP contribution in [0.1, 0.15) is 53.4 Å². The lowest BCUT2D eigenvalue weighted by molar-refractivity contribution is 0.159. The van der Waals surface area contributed by atoms with E-state index in [1.54, 1.807) is 6.08 Å². The summed E-state index contributed by atoms with van der Waals surface area (Å²) in [6, 6.07) is 0. The molecule has 0 radical (unpaired) electrons. The minimum Gasteiger partial charge on any atom is -0.211 e. The van der Waals surface area contributed by atoms with Gasteiger partial charge in [-0.05, 0) is 44.4 Å². The van der Waals surface area contributed by atoms with Gasteiger partial charge in [-0.15, -0.1) is 0 Å². The number of aliphatic imine (C=N–C) groups is 1. The molecule has 0 aromatic heterocycles. The molecule has 0 spiro atoms. The van der Waals surface area contributed by atoms with Crippen LogP contribution in [0, 0.1) is 17.8 Å². The SMILES string of the molecule is CC(C)C1CCCC(C(C)(C)N=C=O)C1. The first-order chi connectivity index (χ1) is 6.97. The van der Waals surface area contributed by atoms with Gasteiger partial charge in [-0.2, -0.15) is 4.99 Å². The molecule has 0 N–H and O–H groups in total. The minimum absolute atomic E-state index is 0.213. The third kappa shape index (κ3) is 3.17. The van der Waals surface area contributed by atoms with Gasteiger partial charge in [-0.25, -0.2) is 4.79 Å². The average Bonchev–Trinajstić information content (AvgIpc) is 2.18. The summed E-state index contributed by atoms with van der Waals surface area (Å²) in [7, 11) is 0. The smallest absolute Gasteiger partial charge is 0.211 e. The Hall–Kier alpha value is -0.620. The van der Waals surface area contributed by atoms with Crippen LogP contribution in [-0.2, 0) is 4.79 Å². The van der Waals surface area contributed by atoms with E-state index in [9.17, 15) is 4.79 Å². The van der Waals surface area contributed by atoms with E-state index in [1.165, 1.54) is 25.7 Å². The van der Waals surface area contributed by atoms with E-state index in [2.05, 4.69) is 32.7 Å². The highest BCUT2D eigenvalue weighted by atomic mass is 16.1. The summed E-state index contributed by atoms with van der Waals surface area (Å²) in [4.78, 5) is 14.4. The number of isocyanates is 1. The van der Waals surface area contributed by atoms with Gasteiger partial charge in [0.2, 0.25) is 6.08 Å². The van der Waals surface area contributed by atoms with Crippen LogP contribution in [0.3, 0.4) is 0 Å². The Morgan fingerprint density at radius 1 is 1.33 bits per heavy atom. The van der Waals surface area contributed by atoms with E-state index in [-0.39, 0.29) is 5.54 Å². The van der Waals surface area contributed by atoms with Crippen molar-refractivity contribution in [3.05, 3.63) is 0 Å². The fourth-order valence-electron chi connectivity index (χ4n) is 2.68. The van der Waals surface area contributed by atoms with Crippen LogP contribution in [0.4, 0.5) is 0 Å². The van der Waals surface area contributed by atoms with E-state index in [0.29, 0.717) is 5.92 Å². The molecule has 1 fully saturated rings. The third-order valence-corrected chi connectivity index (χ3v) is 3.99. The molecule has 2 unspecified atom stereocenters. The van der Waals surface area contributed by atoms with Gasteiger partial charge in [0.05, 0.1) is 5.54 Å². The molecule has 0 saturated heterocycles. The number of hydrogen-bond donors (Lipinski definition) is 0. The fourth-order valence-corrected chi connectivity index (χ4v) is 2.68. The zero-order valence-electron chi connectivity index (χ0n) is 10.4. The van der Waals surface area contributed by atoms with Crippen molar-refractivity contribution in [3.8, 4) is 0 Å². The van der Waals surface area contributed by atoms with Crippen LogP contribution in [0.2, 0.25) is 0 Å². The molecule has 0 aromatic carbocycles. The van der Waals surface area contributed by atoms with Gasteiger partial charge in [-0.1, -0.05) is 26.7 Å². The lowest BCUT2D eigenvalue weighted by Gasteiger charge is -2.38. The van der Waals surface area contributed by atoms with Crippen molar-refractivity contribution in [1.82, 2.24) is 0 Å². The quantitative estimate of drug-likeness (QED) is 0.516. The van der Waals surface area contributed by atoms with Crippen molar-refractivity contribution in [2.24, 2.45) is 22.7 Å². The molecule has 0 heterocycles. The standard InChI is InChI=1S/C13H23NO/c1-10(2)11-6-5-7-12(8-11)13(3,4)14-9-15/h10-12H,5-8H2,1-4H3. The maximum Gasteiger partial charge on any atom is 0.235 e. The molecule has 1 rings (SSSR count). The topological polar surface area (TPSA) is 29.4 Å². The van der Waals surface area contributed by atoms with Crippen LogP contribution >= 0.6 is 0 Å². The molecule has 0 amide bonds. The molecule has 1 saturated carbocycles. The molecule has 1 aliphatic rings. The largest absolute Gasteiger partial charge is 0.235 e. The molecular formula is C13H23NO. The third-order valence-electron chi connectivity index (χ3n) is 3.99. The summed E-state index contributed by atoms with van der Waals surface area (Å²) in [5.41, 5.74) is -0.213. The van der Waals surface area contributed by atoms with Gasteiger partial charge in [0.15, 0.2) is 0 Å². The molecule has 2 atom stereocenters. The highest BCUT2D eigenvalue weighted by molar-refractivity contribution is 5.34. The molecule has 2 heteroatoms. The van der Waals surface area contributed by atoms with Crippen LogP contribution in [0.25, 0.3) is 0 Å². The van der Waals surface area contributed by atoms with Crippen molar-refractivity contribution in [1.29, 1.82) is 0 Å². The molecule has 15 heavy (non-hydrogen) atoms. The average molecular weight is 209 g/mol. The van der Waals surface area contributed by atoms with E-state index in [0.717, 1.165) is 11.8 Å². The van der Waals surface area contributed by atoms with Crippen LogP contribution < -0.4 is 0 Å². The number of hydrogen-bond acceptors (Lipinski definition) is 2. The number of rotatable bonds is 3. The number of nitrogens with zero attached hydrogens (tertiary/aromatic N) is 1. The second-order valence-corrected chi connectivity index (χ2v) is 5.72. The Kier molecular flexibility index (Phi) is 4.10. The first-order valence-corrected chi connectivity index (χ1v) is 6.06. The van der Waals surface area contributed by atoms with E-state index < -0.39 is 0 Å². The Balaban J connectivity index is 2.67. The predicted molar refractivity (Wildman–Crippen MR) is 62.5 cm³/mol. The fraction of sp³-hybridized carbons (Fsp3) is 0.923. The molecule has 2 nitrogen and oxygen atoms in total. The van der Waals surface area contributed by atoms with E-state index in [4.69, 9.17) is 0 Å².